The smallest absolute Gasteiger partial charge is 0.406 e. The van der Waals surface area contributed by atoms with Crippen molar-refractivity contribution in [3.63, 3.8) is 0 Å². The number of nitrogens with zero attached hydrogens (tertiary/aromatic N) is 3. The van der Waals surface area contributed by atoms with Gasteiger partial charge in [-0.1, -0.05) is 88.7 Å². The largest absolute Gasteiger partial charge is 0.481 e. The molecule has 700 valence electrons. The second-order valence-corrected chi connectivity index (χ2v) is 28.8. The number of carboxylic acid groups (broad SMARTS) is 2. The standard InChI is InChI=1S/C85H155N5O30/c1-3-4-5-6-7-9-12-15-18-25-85(83(94)95,26-19-16-13-10-8-11-14-17-20-81(91)92)82(93)87-27-29-97-31-33-99-35-37-101-39-41-103-43-45-105-47-49-107-51-53-109-55-57-111-59-61-113-63-65-115-67-69-117-71-73-119-74-72-118-70-68-116-66-64-114-62-60-112-58-56-110-54-52-108-50-48-106-46-44-104-42-40-102-38-36-100-34-32-98-30-28-90-80-24-22-77-76(21-23-79(80)88-89-90)78(77)75-120-84(96)86-2/h1,76-78H,4-75H2,2H3,(H,86,96)(H,87,93)(H,91,92)(H,94,95)/t76-,77+,78?,85?/m1/s1. The Bertz CT molecular complexity index is 2520. The number of carbonyl (C=O) groups is 4. The van der Waals surface area contributed by atoms with E-state index < -0.39 is 23.3 Å². The summed E-state index contributed by atoms with van der Waals surface area (Å²) in [6.45, 7) is 22.3. The number of carbonyl (C=O) groups excluding carboxylic acids is 2. The summed E-state index contributed by atoms with van der Waals surface area (Å²) in [6, 6.07) is 0. The number of aryl methyl sites for hydroxylation is 1. The minimum atomic E-state index is -1.48. The number of amides is 2. The first kappa shape index (κ1) is 110. The van der Waals surface area contributed by atoms with Crippen molar-refractivity contribution >= 4 is 23.9 Å². The zero-order chi connectivity index (χ0) is 85.7. The first-order chi connectivity index (χ1) is 59.2. The van der Waals surface area contributed by atoms with E-state index in [-0.39, 0.29) is 25.7 Å². The van der Waals surface area contributed by atoms with Crippen molar-refractivity contribution in [1.29, 1.82) is 0 Å². The first-order valence-electron chi connectivity index (χ1n) is 44.4. The molecule has 0 saturated heterocycles. The Hall–Kier alpha value is -4.54. The van der Waals surface area contributed by atoms with Gasteiger partial charge in [-0.2, -0.15) is 0 Å². The van der Waals surface area contributed by atoms with Crippen LogP contribution in [-0.4, -0.2) is 373 Å². The Balaban J connectivity index is 0.900. The van der Waals surface area contributed by atoms with Crippen molar-refractivity contribution < 1.29 is 143 Å². The molecule has 35 heteroatoms. The van der Waals surface area contributed by atoms with Crippen LogP contribution in [0.15, 0.2) is 0 Å². The van der Waals surface area contributed by atoms with Gasteiger partial charge in [0.1, 0.15) is 5.41 Å². The SMILES string of the molecule is C#CCCCCCCCCCC(CCCCCCCCCCC(=O)O)(C(=O)O)C(=O)NCCOCCOCCOCCOCCOCCOCCOCCOCCOCCOCCOCCOCCOCCOCCOCCOCCOCCOCCOCCOCCOCCOCCOCCn1nnc2c1CC[C@@H]1C(COC(=O)NC)[C@@H]1CC2. The minimum absolute atomic E-state index is 0.203. The molecule has 2 amide bonds. The highest BCUT2D eigenvalue weighted by molar-refractivity contribution is 6.01. The molecule has 1 aromatic rings. The van der Waals surface area contributed by atoms with Crippen LogP contribution in [0.25, 0.3) is 0 Å². The number of unbranched alkanes of at least 4 members (excludes halogenated alkanes) is 14. The zero-order valence-electron chi connectivity index (χ0n) is 72.9. The number of rotatable bonds is 96. The number of fused-ring (bicyclic) bond motifs is 2. The van der Waals surface area contributed by atoms with E-state index in [1.165, 1.54) is 5.69 Å². The molecule has 120 heavy (non-hydrogen) atoms. The average molecular weight is 1730 g/mol. The molecule has 2 aliphatic rings. The number of nitrogens with one attached hydrogen (secondary N) is 2. The molecule has 1 fully saturated rings. The van der Waals surface area contributed by atoms with Crippen LogP contribution in [0, 0.1) is 35.5 Å². The highest BCUT2D eigenvalue weighted by atomic mass is 16.6. The van der Waals surface area contributed by atoms with Crippen molar-refractivity contribution in [1.82, 2.24) is 25.6 Å². The van der Waals surface area contributed by atoms with Crippen LogP contribution in [-0.2, 0) is 147 Å². The number of hydrogen-bond acceptors (Lipinski definition) is 30. The van der Waals surface area contributed by atoms with Crippen LogP contribution in [0.2, 0.25) is 0 Å². The Morgan fingerprint density at radius 2 is 0.658 bits per heavy atom. The fraction of sp³-hybridized carbons (Fsp3) is 0.906. The molecule has 1 heterocycles. The molecule has 1 aromatic heterocycles. The lowest BCUT2D eigenvalue weighted by Gasteiger charge is -2.28. The van der Waals surface area contributed by atoms with Crippen molar-refractivity contribution in [3.8, 4) is 12.3 Å². The van der Waals surface area contributed by atoms with Gasteiger partial charge in [0.2, 0.25) is 5.91 Å². The number of aromatic nitrogens is 3. The fourth-order valence-corrected chi connectivity index (χ4v) is 13.0. The van der Waals surface area contributed by atoms with Gasteiger partial charge in [-0.3, -0.25) is 14.4 Å². The molecule has 2 aliphatic carbocycles. The number of aliphatic carboxylic acids is 2. The maximum absolute atomic E-state index is 13.6. The van der Waals surface area contributed by atoms with Crippen molar-refractivity contribution in [3.05, 3.63) is 11.4 Å². The van der Waals surface area contributed by atoms with E-state index in [1.807, 2.05) is 4.68 Å². The van der Waals surface area contributed by atoms with E-state index >= 15 is 0 Å². The number of terminal acetylenes is 1. The molecule has 3 rings (SSSR count). The predicted octanol–water partition coefficient (Wildman–Crippen LogP) is 7.07. The average Bonchev–Trinajstić information content (AvgIpc) is 1.61. The second-order valence-electron chi connectivity index (χ2n) is 28.8. The summed E-state index contributed by atoms with van der Waals surface area (Å²) in [6.07, 6.45) is 24.4. The summed E-state index contributed by atoms with van der Waals surface area (Å²) in [5.41, 5.74) is 0.801. The summed E-state index contributed by atoms with van der Waals surface area (Å²) in [5.74, 6) is 2.03. The third-order valence-electron chi connectivity index (χ3n) is 19.6. The van der Waals surface area contributed by atoms with Gasteiger partial charge in [-0.25, -0.2) is 9.48 Å². The summed E-state index contributed by atoms with van der Waals surface area (Å²) in [4.78, 5) is 48.6. The number of hydrogen-bond donors (Lipinski definition) is 4. The lowest BCUT2D eigenvalue weighted by atomic mass is 9.76. The maximum atomic E-state index is 13.6. The molecule has 0 spiro atoms. The van der Waals surface area contributed by atoms with Crippen molar-refractivity contribution in [2.75, 3.05) is 324 Å². The third kappa shape index (κ3) is 65.1. The van der Waals surface area contributed by atoms with Crippen LogP contribution in [0.4, 0.5) is 4.79 Å². The van der Waals surface area contributed by atoms with Crippen molar-refractivity contribution in [2.24, 2.45) is 23.2 Å². The Labute approximate surface area is 715 Å². The molecule has 0 aromatic carbocycles. The van der Waals surface area contributed by atoms with E-state index in [0.29, 0.717) is 360 Å². The van der Waals surface area contributed by atoms with Gasteiger partial charge in [0.25, 0.3) is 0 Å². The van der Waals surface area contributed by atoms with E-state index in [4.69, 9.17) is 125 Å². The summed E-state index contributed by atoms with van der Waals surface area (Å²) < 4.78 is 136. The summed E-state index contributed by atoms with van der Waals surface area (Å²) in [7, 11) is 1.58. The molecule has 35 nitrogen and oxygen atoms in total. The van der Waals surface area contributed by atoms with E-state index in [9.17, 15) is 24.3 Å². The van der Waals surface area contributed by atoms with Crippen LogP contribution in [0.3, 0.4) is 0 Å². The van der Waals surface area contributed by atoms with E-state index in [2.05, 4.69) is 26.9 Å². The van der Waals surface area contributed by atoms with E-state index in [0.717, 1.165) is 115 Å². The molecular weight excluding hydrogens is 1570 g/mol. The van der Waals surface area contributed by atoms with Gasteiger partial charge in [0.15, 0.2) is 0 Å². The van der Waals surface area contributed by atoms with Crippen LogP contribution < -0.4 is 10.6 Å². The topological polar surface area (TPSA) is 385 Å². The van der Waals surface area contributed by atoms with Gasteiger partial charge in [-0.05, 0) is 69.1 Å². The quantitative estimate of drug-likeness (QED) is 0.0287. The summed E-state index contributed by atoms with van der Waals surface area (Å²) >= 11 is 0. The van der Waals surface area contributed by atoms with Crippen molar-refractivity contribution in [2.45, 2.75) is 154 Å². The van der Waals surface area contributed by atoms with Gasteiger partial charge in [0.05, 0.1) is 328 Å². The fourth-order valence-electron chi connectivity index (χ4n) is 13.0. The van der Waals surface area contributed by atoms with Crippen LogP contribution in [0.1, 0.15) is 146 Å². The lowest BCUT2D eigenvalue weighted by Crippen LogP contribution is -2.47. The molecule has 2 unspecified atom stereocenters. The van der Waals surface area contributed by atoms with Gasteiger partial charge in [-0.15, -0.1) is 17.4 Å². The van der Waals surface area contributed by atoms with E-state index in [1.54, 1.807) is 7.05 Å². The highest BCUT2D eigenvalue weighted by Gasteiger charge is 2.50. The van der Waals surface area contributed by atoms with Crippen LogP contribution >= 0.6 is 0 Å². The van der Waals surface area contributed by atoms with Gasteiger partial charge >= 0.3 is 18.0 Å². The molecule has 0 aliphatic heterocycles. The minimum Gasteiger partial charge on any atom is -0.481 e. The normalized spacial score (nSPS) is 14.9. The zero-order valence-corrected chi connectivity index (χ0v) is 72.9. The van der Waals surface area contributed by atoms with Gasteiger partial charge in [0, 0.05) is 26.4 Å². The third-order valence-corrected chi connectivity index (χ3v) is 19.6. The predicted molar refractivity (Wildman–Crippen MR) is 444 cm³/mol. The number of ether oxygens (including phenoxy) is 24. The Morgan fingerprint density at radius 3 is 0.950 bits per heavy atom. The molecule has 4 atom stereocenters. The monoisotopic (exact) mass is 1730 g/mol. The molecule has 4 N–H and O–H groups in total. The molecule has 1 saturated carbocycles. The lowest BCUT2D eigenvalue weighted by molar-refractivity contribution is -0.157. The number of carboxylic acids is 2. The van der Waals surface area contributed by atoms with Crippen LogP contribution in [0.5, 0.6) is 0 Å². The Kier molecular flexibility index (Phi) is 76.7. The molecular formula is C85H155N5O30. The molecule has 0 bridgehead atoms. The second kappa shape index (κ2) is 84.0. The maximum Gasteiger partial charge on any atom is 0.406 e. The number of alkyl carbamates (subject to hydrolysis) is 1. The summed E-state index contributed by atoms with van der Waals surface area (Å²) in [5, 5.41) is 33.5. The first-order valence-corrected chi connectivity index (χ1v) is 44.4. The Morgan fingerprint density at radius 1 is 0.383 bits per heavy atom. The molecule has 0 radical (unpaired) electrons. The highest BCUT2D eigenvalue weighted by Crippen LogP contribution is 2.53. The van der Waals surface area contributed by atoms with Gasteiger partial charge < -0.3 is 135 Å².